The summed E-state index contributed by atoms with van der Waals surface area (Å²) in [5.41, 5.74) is 6.66. The fraction of sp³-hybridized carbons (Fsp3) is 0.200. The third kappa shape index (κ3) is 8.50. The summed E-state index contributed by atoms with van der Waals surface area (Å²) >= 11 is 5.77. The van der Waals surface area contributed by atoms with E-state index < -0.39 is 0 Å². The van der Waals surface area contributed by atoms with Gasteiger partial charge < -0.3 is 14.6 Å². The Balaban J connectivity index is 0.000000240. The van der Waals surface area contributed by atoms with Gasteiger partial charge in [0.2, 0.25) is 0 Å². The van der Waals surface area contributed by atoms with Crippen LogP contribution in [0.15, 0.2) is 97.1 Å². The van der Waals surface area contributed by atoms with Crippen molar-refractivity contribution in [3.63, 3.8) is 0 Å². The van der Waals surface area contributed by atoms with Crippen molar-refractivity contribution in [2.45, 2.75) is 26.3 Å². The van der Waals surface area contributed by atoms with E-state index >= 15 is 0 Å². The van der Waals surface area contributed by atoms with Crippen LogP contribution >= 0.6 is 11.6 Å². The van der Waals surface area contributed by atoms with Gasteiger partial charge in [-0.2, -0.15) is 0 Å². The van der Waals surface area contributed by atoms with Crippen LogP contribution in [0.2, 0.25) is 0 Å². The highest BCUT2D eigenvalue weighted by atomic mass is 35.5. The van der Waals surface area contributed by atoms with E-state index in [1.165, 1.54) is 5.56 Å². The van der Waals surface area contributed by atoms with Crippen molar-refractivity contribution in [3.05, 3.63) is 108 Å². The molecule has 0 spiro atoms. The Labute approximate surface area is 215 Å². The zero-order chi connectivity index (χ0) is 24.2. The summed E-state index contributed by atoms with van der Waals surface area (Å²) < 4.78 is 11.0. The van der Waals surface area contributed by atoms with Gasteiger partial charge in [0.25, 0.3) is 0 Å². The predicted octanol–water partition coefficient (Wildman–Crippen LogP) is 7.35. The molecular formula is C30H31BClO3. The van der Waals surface area contributed by atoms with Crippen LogP contribution in [0.4, 0.5) is 0 Å². The van der Waals surface area contributed by atoms with Crippen LogP contribution in [-0.2, 0) is 12.5 Å². The largest absolute Gasteiger partial charge is 0.494 e. The van der Waals surface area contributed by atoms with Crippen molar-refractivity contribution < 1.29 is 14.6 Å². The highest BCUT2D eigenvalue weighted by Gasteiger charge is 2.01. The second-order valence-corrected chi connectivity index (χ2v) is 7.87. The Kier molecular flexibility index (Phi) is 12.0. The van der Waals surface area contributed by atoms with Crippen LogP contribution in [-0.4, -0.2) is 26.7 Å². The van der Waals surface area contributed by atoms with Crippen LogP contribution in [0.3, 0.4) is 0 Å². The molecule has 0 saturated heterocycles. The first-order valence-corrected chi connectivity index (χ1v) is 12.0. The first-order chi connectivity index (χ1) is 16.7. The quantitative estimate of drug-likeness (QED) is 0.209. The molecule has 0 amide bonds. The van der Waals surface area contributed by atoms with E-state index in [0.29, 0.717) is 19.1 Å². The Morgan fingerprint density at radius 2 is 1.03 bits per heavy atom. The lowest BCUT2D eigenvalue weighted by Crippen LogP contribution is -1.91. The number of hydrogen-bond acceptors (Lipinski definition) is 3. The van der Waals surface area contributed by atoms with E-state index in [2.05, 4.69) is 42.5 Å². The fourth-order valence-electron chi connectivity index (χ4n) is 3.45. The molecule has 5 heteroatoms. The third-order valence-electron chi connectivity index (χ3n) is 5.20. The first-order valence-electron chi connectivity index (χ1n) is 11.5. The maximum absolute atomic E-state index is 8.99. The van der Waals surface area contributed by atoms with Crippen LogP contribution < -0.4 is 9.47 Å². The molecule has 0 bridgehead atoms. The summed E-state index contributed by atoms with van der Waals surface area (Å²) in [4.78, 5) is 0. The van der Waals surface area contributed by atoms with Gasteiger partial charge in [-0.3, -0.25) is 0 Å². The smallest absolute Gasteiger partial charge is 0.119 e. The molecule has 0 aliphatic rings. The van der Waals surface area contributed by atoms with Gasteiger partial charge in [0.1, 0.15) is 11.5 Å². The highest BCUT2D eigenvalue weighted by molar-refractivity contribution is 6.17. The van der Waals surface area contributed by atoms with Gasteiger partial charge >= 0.3 is 0 Å². The summed E-state index contributed by atoms with van der Waals surface area (Å²) in [6.45, 7) is 5.41. The van der Waals surface area contributed by atoms with Crippen molar-refractivity contribution in [2.75, 3.05) is 13.2 Å². The first kappa shape index (κ1) is 28.0. The number of aliphatic hydroxyl groups is 1. The standard InChI is InChI=1S/C15H15ClO.C15H16O2.B/c2*1-2-17-15-5-3-4-14(10-15)13-8-6-12(11-16)7-9-13;/h3-10H,2,11H2,1H3;3-10,16H,2,11H2,1H3;. The van der Waals surface area contributed by atoms with Crippen LogP contribution in [0.25, 0.3) is 22.3 Å². The SMILES string of the molecule is CCOc1cccc(-c2ccc(CCl)cc2)c1.CCOc1cccc(-c2ccc(CO)cc2)c1.[B]. The zero-order valence-electron chi connectivity index (χ0n) is 20.3. The number of alkyl halides is 1. The van der Waals surface area contributed by atoms with Gasteiger partial charge in [0.05, 0.1) is 19.8 Å². The average Bonchev–Trinajstić information content (AvgIpc) is 2.90. The molecule has 0 atom stereocenters. The summed E-state index contributed by atoms with van der Waals surface area (Å²) in [6, 6.07) is 32.3. The van der Waals surface area contributed by atoms with E-state index in [0.717, 1.165) is 39.3 Å². The molecule has 179 valence electrons. The van der Waals surface area contributed by atoms with Gasteiger partial charge in [-0.1, -0.05) is 72.8 Å². The number of benzene rings is 4. The van der Waals surface area contributed by atoms with Crippen LogP contribution in [0, 0.1) is 0 Å². The Morgan fingerprint density at radius 1 is 0.600 bits per heavy atom. The monoisotopic (exact) mass is 485 g/mol. The molecule has 35 heavy (non-hydrogen) atoms. The number of halogens is 1. The van der Waals surface area contributed by atoms with Gasteiger partial charge in [-0.05, 0) is 71.5 Å². The number of aliphatic hydroxyl groups excluding tert-OH is 1. The minimum Gasteiger partial charge on any atom is -0.494 e. The Hall–Kier alpha value is -3.21. The summed E-state index contributed by atoms with van der Waals surface area (Å²) in [7, 11) is 0. The van der Waals surface area contributed by atoms with E-state index in [1.54, 1.807) is 0 Å². The second-order valence-electron chi connectivity index (χ2n) is 7.61. The molecule has 3 radical (unpaired) electrons. The number of ether oxygens (including phenoxy) is 2. The molecule has 3 nitrogen and oxygen atoms in total. The molecule has 4 aromatic carbocycles. The number of hydrogen-bond donors (Lipinski definition) is 1. The molecule has 0 aliphatic heterocycles. The molecule has 4 rings (SSSR count). The van der Waals surface area contributed by atoms with Gasteiger partial charge in [-0.25, -0.2) is 0 Å². The van der Waals surface area contributed by atoms with Crippen LogP contribution in [0.5, 0.6) is 11.5 Å². The van der Waals surface area contributed by atoms with E-state index in [1.807, 2.05) is 68.4 Å². The molecule has 0 heterocycles. The van der Waals surface area contributed by atoms with Crippen molar-refractivity contribution in [2.24, 2.45) is 0 Å². The summed E-state index contributed by atoms with van der Waals surface area (Å²) in [6.07, 6.45) is 0. The van der Waals surface area contributed by atoms with E-state index in [9.17, 15) is 0 Å². The van der Waals surface area contributed by atoms with Gasteiger partial charge in [-0.15, -0.1) is 11.6 Å². The molecule has 0 fully saturated rings. The topological polar surface area (TPSA) is 38.7 Å². The lowest BCUT2D eigenvalue weighted by molar-refractivity contribution is 0.282. The third-order valence-corrected chi connectivity index (χ3v) is 5.51. The lowest BCUT2D eigenvalue weighted by atomic mass is 10.0. The Morgan fingerprint density at radius 3 is 1.40 bits per heavy atom. The normalized spacial score (nSPS) is 9.94. The average molecular weight is 486 g/mol. The van der Waals surface area contributed by atoms with E-state index in [-0.39, 0.29) is 15.0 Å². The van der Waals surface area contributed by atoms with Gasteiger partial charge in [0, 0.05) is 14.3 Å². The van der Waals surface area contributed by atoms with Crippen molar-refractivity contribution >= 4 is 20.0 Å². The highest BCUT2D eigenvalue weighted by Crippen LogP contribution is 2.25. The maximum atomic E-state index is 8.99. The molecule has 4 aromatic rings. The molecule has 0 aromatic heterocycles. The molecule has 1 N–H and O–H groups in total. The van der Waals surface area contributed by atoms with Crippen molar-refractivity contribution in [1.82, 2.24) is 0 Å². The second kappa shape index (κ2) is 14.9. The fourth-order valence-corrected chi connectivity index (χ4v) is 3.63. The van der Waals surface area contributed by atoms with Crippen molar-refractivity contribution in [1.29, 1.82) is 0 Å². The minimum atomic E-state index is 0. The number of rotatable bonds is 8. The minimum absolute atomic E-state index is 0. The van der Waals surface area contributed by atoms with Gasteiger partial charge in [0.15, 0.2) is 0 Å². The van der Waals surface area contributed by atoms with E-state index in [4.69, 9.17) is 26.2 Å². The zero-order valence-corrected chi connectivity index (χ0v) is 21.0. The summed E-state index contributed by atoms with van der Waals surface area (Å²) in [5.74, 6) is 2.35. The molecule has 0 saturated carbocycles. The lowest BCUT2D eigenvalue weighted by Gasteiger charge is -2.06. The van der Waals surface area contributed by atoms with Crippen LogP contribution in [0.1, 0.15) is 25.0 Å². The Bertz CT molecular complexity index is 1050. The van der Waals surface area contributed by atoms with Crippen molar-refractivity contribution in [3.8, 4) is 33.8 Å². The molecule has 0 aliphatic carbocycles. The maximum Gasteiger partial charge on any atom is 0.119 e. The molecular weight excluding hydrogens is 455 g/mol. The molecule has 0 unspecified atom stereocenters. The predicted molar refractivity (Wildman–Crippen MR) is 147 cm³/mol. The summed E-state index contributed by atoms with van der Waals surface area (Å²) in [5, 5.41) is 8.99.